The lowest BCUT2D eigenvalue weighted by Gasteiger charge is -2.41. The number of aromatic nitrogens is 3. The Morgan fingerprint density at radius 2 is 1.71 bits per heavy atom. The number of piperidine rings is 1. The molecule has 0 bridgehead atoms. The van der Waals surface area contributed by atoms with E-state index in [2.05, 4.69) is 52.9 Å². The molecule has 8 nitrogen and oxygen atoms in total. The molecule has 1 atom stereocenters. The molecule has 1 saturated heterocycles. The Balaban J connectivity index is 1.44. The van der Waals surface area contributed by atoms with Crippen LogP contribution < -0.4 is 9.80 Å². The van der Waals surface area contributed by atoms with Crippen molar-refractivity contribution in [1.29, 1.82) is 0 Å². The second kappa shape index (κ2) is 11.7. The summed E-state index contributed by atoms with van der Waals surface area (Å²) in [7, 11) is 0. The van der Waals surface area contributed by atoms with Crippen LogP contribution in [0.5, 0.6) is 0 Å². The minimum absolute atomic E-state index is 0.244. The van der Waals surface area contributed by atoms with Gasteiger partial charge in [0.25, 0.3) is 0 Å². The Labute approximate surface area is 266 Å². The van der Waals surface area contributed by atoms with Gasteiger partial charge in [-0.2, -0.15) is 0 Å². The van der Waals surface area contributed by atoms with Gasteiger partial charge in [0.1, 0.15) is 5.52 Å². The zero-order valence-corrected chi connectivity index (χ0v) is 27.6. The maximum atomic E-state index is 12.8. The monoisotopic (exact) mass is 607 g/mol. The fourth-order valence-corrected chi connectivity index (χ4v) is 6.86. The third-order valence-corrected chi connectivity index (χ3v) is 9.28. The number of carboxylic acids is 1. The molecule has 4 aromatic rings. The summed E-state index contributed by atoms with van der Waals surface area (Å²) >= 11 is 0. The van der Waals surface area contributed by atoms with Crippen LogP contribution in [0.15, 0.2) is 48.8 Å². The van der Waals surface area contributed by atoms with Crippen molar-refractivity contribution in [3.8, 4) is 11.1 Å². The van der Waals surface area contributed by atoms with Crippen molar-refractivity contribution in [3.05, 3.63) is 76.9 Å². The van der Waals surface area contributed by atoms with Crippen LogP contribution >= 0.6 is 0 Å². The van der Waals surface area contributed by atoms with E-state index in [1.54, 1.807) is 0 Å². The Kier molecular flexibility index (Phi) is 8.06. The van der Waals surface area contributed by atoms with E-state index >= 15 is 0 Å². The highest BCUT2D eigenvalue weighted by Crippen LogP contribution is 2.45. The van der Waals surface area contributed by atoms with E-state index in [4.69, 9.17) is 14.7 Å². The Morgan fingerprint density at radius 1 is 0.956 bits per heavy atom. The van der Waals surface area contributed by atoms with Gasteiger partial charge in [-0.15, -0.1) is 0 Å². The van der Waals surface area contributed by atoms with Crippen molar-refractivity contribution in [3.63, 3.8) is 0 Å². The first kappa shape index (κ1) is 31.0. The average Bonchev–Trinajstić information content (AvgIpc) is 2.98. The first-order chi connectivity index (χ1) is 21.3. The molecule has 2 aliphatic heterocycles. The molecule has 3 aromatic heterocycles. The van der Waals surface area contributed by atoms with Gasteiger partial charge in [-0.05, 0) is 88.1 Å². The Morgan fingerprint density at radius 3 is 2.42 bits per heavy atom. The summed E-state index contributed by atoms with van der Waals surface area (Å²) in [5.41, 5.74) is 8.38. The molecule has 5 heterocycles. The van der Waals surface area contributed by atoms with E-state index in [9.17, 15) is 9.90 Å². The largest absolute Gasteiger partial charge is 0.479 e. The van der Waals surface area contributed by atoms with E-state index in [1.165, 1.54) is 11.1 Å². The molecule has 1 N–H and O–H groups in total. The van der Waals surface area contributed by atoms with E-state index < -0.39 is 17.7 Å². The van der Waals surface area contributed by atoms with Gasteiger partial charge in [0, 0.05) is 66.5 Å². The summed E-state index contributed by atoms with van der Waals surface area (Å²) in [6, 6.07) is 12.7. The number of aliphatic carboxylic acids is 1. The van der Waals surface area contributed by atoms with E-state index in [-0.39, 0.29) is 5.41 Å². The van der Waals surface area contributed by atoms with Crippen LogP contribution in [0.4, 0.5) is 11.5 Å². The lowest BCUT2D eigenvalue weighted by atomic mass is 9.81. The maximum Gasteiger partial charge on any atom is 0.337 e. The van der Waals surface area contributed by atoms with Crippen molar-refractivity contribution in [2.24, 2.45) is 5.41 Å². The number of hydrogen-bond acceptors (Lipinski definition) is 7. The number of anilines is 2. The fraction of sp³-hybridized carbons (Fsp3) is 0.459. The van der Waals surface area contributed by atoms with Gasteiger partial charge >= 0.3 is 5.97 Å². The van der Waals surface area contributed by atoms with Gasteiger partial charge in [0.2, 0.25) is 0 Å². The van der Waals surface area contributed by atoms with E-state index in [0.29, 0.717) is 11.3 Å². The van der Waals surface area contributed by atoms with Crippen LogP contribution in [0.25, 0.3) is 22.0 Å². The van der Waals surface area contributed by atoms with E-state index in [0.717, 1.165) is 84.7 Å². The van der Waals surface area contributed by atoms with Crippen molar-refractivity contribution >= 4 is 28.4 Å². The van der Waals surface area contributed by atoms with Crippen LogP contribution in [-0.4, -0.2) is 51.3 Å². The second-order valence-electron chi connectivity index (χ2n) is 14.4. The average molecular weight is 608 g/mol. The SMILES string of the molecule is Cc1nc(C)c([C@H](OC(C)(C)C)C(=O)O)c(N2CCC(C)(C)CC2)c1-c1ccc2c(c1)CCN(c1nccc3cccnc13)C2. The number of hydrogen-bond donors (Lipinski definition) is 1. The van der Waals surface area contributed by atoms with Crippen molar-refractivity contribution in [1.82, 2.24) is 15.0 Å². The van der Waals surface area contributed by atoms with E-state index in [1.807, 2.05) is 59.1 Å². The molecular weight excluding hydrogens is 562 g/mol. The second-order valence-corrected chi connectivity index (χ2v) is 14.4. The van der Waals surface area contributed by atoms with Crippen LogP contribution in [0, 0.1) is 19.3 Å². The lowest BCUT2D eigenvalue weighted by molar-refractivity contribution is -0.160. The zero-order chi connectivity index (χ0) is 32.1. The number of aryl methyl sites for hydroxylation is 2. The van der Waals surface area contributed by atoms with Gasteiger partial charge in [-0.1, -0.05) is 38.1 Å². The molecule has 8 heteroatoms. The molecule has 0 amide bonds. The summed E-state index contributed by atoms with van der Waals surface area (Å²) in [6.45, 7) is 17.6. The minimum Gasteiger partial charge on any atom is -0.479 e. The highest BCUT2D eigenvalue weighted by Gasteiger charge is 2.36. The maximum absolute atomic E-state index is 12.8. The molecule has 0 unspecified atom stereocenters. The fourth-order valence-electron chi connectivity index (χ4n) is 6.86. The first-order valence-electron chi connectivity index (χ1n) is 16.0. The normalized spacial score (nSPS) is 17.3. The highest BCUT2D eigenvalue weighted by atomic mass is 16.5. The predicted molar refractivity (Wildman–Crippen MR) is 180 cm³/mol. The van der Waals surface area contributed by atoms with Gasteiger partial charge in [-0.3, -0.25) is 9.97 Å². The number of carbonyl (C=O) groups is 1. The summed E-state index contributed by atoms with van der Waals surface area (Å²) in [5.74, 6) is -0.0785. The molecule has 236 valence electrons. The standard InChI is InChI=1S/C37H45N5O3/c1-23-29(27-10-11-28-22-42(18-13-26(28)21-27)34-31-25(12-17-39-34)9-8-16-38-31)32(41-19-14-37(6,7)15-20-41)30(24(2)40-23)33(35(43)44)45-36(3,4)5/h8-12,16-17,21,33H,13-15,18-20,22H2,1-7H3,(H,43,44)/t33-/m0/s1. The smallest absolute Gasteiger partial charge is 0.337 e. The third-order valence-electron chi connectivity index (χ3n) is 9.28. The quantitative estimate of drug-likeness (QED) is 0.242. The summed E-state index contributed by atoms with van der Waals surface area (Å²) in [5, 5.41) is 11.6. The van der Waals surface area contributed by atoms with Crippen LogP contribution in [-0.2, 0) is 22.5 Å². The summed E-state index contributed by atoms with van der Waals surface area (Å²) in [4.78, 5) is 31.9. The molecule has 1 aromatic carbocycles. The number of nitrogens with zero attached hydrogens (tertiary/aromatic N) is 5. The summed E-state index contributed by atoms with van der Waals surface area (Å²) < 4.78 is 6.26. The van der Waals surface area contributed by atoms with Crippen molar-refractivity contribution in [2.45, 2.75) is 86.0 Å². The Bertz CT molecular complexity index is 1740. The number of fused-ring (bicyclic) bond motifs is 2. The van der Waals surface area contributed by atoms with Gasteiger partial charge < -0.3 is 19.6 Å². The third kappa shape index (κ3) is 6.25. The first-order valence-corrected chi connectivity index (χ1v) is 16.0. The molecule has 45 heavy (non-hydrogen) atoms. The highest BCUT2D eigenvalue weighted by molar-refractivity contribution is 5.89. The molecule has 0 radical (unpaired) electrons. The minimum atomic E-state index is -1.13. The van der Waals surface area contributed by atoms with Gasteiger partial charge in [-0.25, -0.2) is 9.78 Å². The number of benzene rings is 1. The predicted octanol–water partition coefficient (Wildman–Crippen LogP) is 7.44. The van der Waals surface area contributed by atoms with Crippen molar-refractivity contribution in [2.75, 3.05) is 29.4 Å². The molecule has 6 rings (SSSR count). The molecule has 2 aliphatic rings. The van der Waals surface area contributed by atoms with Crippen LogP contribution in [0.2, 0.25) is 0 Å². The van der Waals surface area contributed by atoms with Crippen LogP contribution in [0.1, 0.15) is 81.6 Å². The molecule has 0 saturated carbocycles. The zero-order valence-electron chi connectivity index (χ0n) is 27.6. The van der Waals surface area contributed by atoms with Gasteiger partial charge in [0.15, 0.2) is 11.9 Å². The molecule has 1 fully saturated rings. The lowest BCUT2D eigenvalue weighted by Crippen LogP contribution is -2.39. The topological polar surface area (TPSA) is 91.7 Å². The molecule has 0 aliphatic carbocycles. The number of rotatable bonds is 6. The Hall–Kier alpha value is -4.04. The number of ether oxygens (including phenoxy) is 1. The van der Waals surface area contributed by atoms with Gasteiger partial charge in [0.05, 0.1) is 11.3 Å². The molecule has 0 spiro atoms. The van der Waals surface area contributed by atoms with Crippen molar-refractivity contribution < 1.29 is 14.6 Å². The molecular formula is C37H45N5O3. The summed E-state index contributed by atoms with van der Waals surface area (Å²) in [6.07, 6.45) is 5.49. The number of pyridine rings is 3. The van der Waals surface area contributed by atoms with Crippen LogP contribution in [0.3, 0.4) is 0 Å². The number of carboxylic acid groups (broad SMARTS) is 1.